The van der Waals surface area contributed by atoms with Crippen LogP contribution in [0.25, 0.3) is 0 Å². The highest BCUT2D eigenvalue weighted by Gasteiger charge is 1.64. The molecule has 0 heterocycles. The Bertz CT molecular complexity index is 36.9. The van der Waals surface area contributed by atoms with Crippen LogP contribution >= 0.6 is 11.8 Å². The highest BCUT2D eigenvalue weighted by molar-refractivity contribution is 8.23. The van der Waals surface area contributed by atoms with Gasteiger partial charge in [0, 0.05) is 0 Å². The largest absolute Gasteiger partial charge is 0.290 e. The van der Waals surface area contributed by atoms with Gasteiger partial charge in [0.05, 0.1) is 0 Å². The van der Waals surface area contributed by atoms with E-state index >= 15 is 0 Å². The molecule has 0 rings (SSSR count). The van der Waals surface area contributed by atoms with Crippen molar-refractivity contribution in [1.82, 2.24) is 0 Å². The summed E-state index contributed by atoms with van der Waals surface area (Å²) in [6.07, 6.45) is 0. The van der Waals surface area contributed by atoms with Crippen molar-refractivity contribution in [3.63, 3.8) is 0 Å². The third-order valence-corrected chi connectivity index (χ3v) is 0.333. The van der Waals surface area contributed by atoms with E-state index in [4.69, 9.17) is 9.59 Å². The Hall–Kier alpha value is -0.310. The molecular weight excluding hydrogens is 88.1 g/mol. The van der Waals surface area contributed by atoms with E-state index in [0.29, 0.717) is 23.0 Å². The predicted octanol–water partition coefficient (Wildman–Crippen LogP) is 0.100. The fourth-order valence-electron chi connectivity index (χ4n) is 0.0227. The summed E-state index contributed by atoms with van der Waals surface area (Å²) in [7, 11) is 0. The first-order chi connectivity index (χ1) is 2.41. The lowest BCUT2D eigenvalue weighted by Crippen LogP contribution is -1.54. The van der Waals surface area contributed by atoms with Crippen molar-refractivity contribution >= 4 is 23.0 Å². The van der Waals surface area contributed by atoms with Gasteiger partial charge in [0.25, 0.3) is 0 Å². The van der Waals surface area contributed by atoms with Gasteiger partial charge < -0.3 is 0 Å². The van der Waals surface area contributed by atoms with Gasteiger partial charge in [-0.1, -0.05) is 0 Å². The molecule has 0 aromatic rings. The third-order valence-electron chi connectivity index (χ3n) is 0.111. The molecule has 28 valence electrons. The van der Waals surface area contributed by atoms with Crippen LogP contribution < -0.4 is 0 Å². The van der Waals surface area contributed by atoms with E-state index < -0.39 is 0 Å². The second-order valence-corrected chi connectivity index (χ2v) is 0.986. The maximum atomic E-state index is 9.14. The Morgan fingerprint density at radius 2 is 1.60 bits per heavy atom. The van der Waals surface area contributed by atoms with Gasteiger partial charge >= 0.3 is 0 Å². The van der Waals surface area contributed by atoms with Crippen LogP contribution in [0.2, 0.25) is 0 Å². The molecule has 0 unspecified atom stereocenters. The molecule has 0 aromatic carbocycles. The minimum atomic E-state index is 0.479. The molecule has 0 amide bonds. The number of carbonyl (C=O) groups excluding carboxylic acids is 2. The lowest BCUT2D eigenvalue weighted by atomic mass is 11.8. The van der Waals surface area contributed by atoms with Gasteiger partial charge in [-0.15, -0.1) is 0 Å². The summed E-state index contributed by atoms with van der Waals surface area (Å²) in [5.74, 6) is 0. The SMILES string of the molecule is O=CSC=O. The average Bonchev–Trinajstić information content (AvgIpc) is 1.41. The minimum absolute atomic E-state index is 0.479. The van der Waals surface area contributed by atoms with Gasteiger partial charge in [0.15, 0.2) is 11.2 Å². The summed E-state index contributed by atoms with van der Waals surface area (Å²) >= 11 is 0.602. The van der Waals surface area contributed by atoms with E-state index in [1.807, 2.05) is 0 Å². The Labute approximate surface area is 33.6 Å². The van der Waals surface area contributed by atoms with Crippen molar-refractivity contribution in [1.29, 1.82) is 0 Å². The first-order valence-electron chi connectivity index (χ1n) is 0.943. The van der Waals surface area contributed by atoms with Crippen molar-refractivity contribution in [2.45, 2.75) is 0 Å². The second kappa shape index (κ2) is 3.69. The van der Waals surface area contributed by atoms with Crippen molar-refractivity contribution < 1.29 is 9.59 Å². The maximum absolute atomic E-state index is 9.14. The molecular formula is C2H2O2S. The Kier molecular flexibility index (Phi) is 3.46. The molecule has 0 atom stereocenters. The van der Waals surface area contributed by atoms with Crippen molar-refractivity contribution in [3.8, 4) is 0 Å². The zero-order valence-corrected chi connectivity index (χ0v) is 3.20. The summed E-state index contributed by atoms with van der Waals surface area (Å²) < 4.78 is 0. The lowest BCUT2D eigenvalue weighted by Gasteiger charge is -1.54. The van der Waals surface area contributed by atoms with Crippen molar-refractivity contribution in [3.05, 3.63) is 0 Å². The molecule has 0 spiro atoms. The Morgan fingerprint density at radius 1 is 1.20 bits per heavy atom. The Balaban J connectivity index is 2.65. The van der Waals surface area contributed by atoms with Gasteiger partial charge in [-0.05, 0) is 11.8 Å². The van der Waals surface area contributed by atoms with Crippen LogP contribution in [0.5, 0.6) is 0 Å². The molecule has 0 bridgehead atoms. The maximum Gasteiger partial charge on any atom is 0.183 e. The summed E-state index contributed by atoms with van der Waals surface area (Å²) in [5.41, 5.74) is 0.958. The van der Waals surface area contributed by atoms with Gasteiger partial charge in [-0.3, -0.25) is 9.59 Å². The lowest BCUT2D eigenvalue weighted by molar-refractivity contribution is 0.567. The predicted molar refractivity (Wildman–Crippen MR) is 21.1 cm³/mol. The van der Waals surface area contributed by atoms with Crippen LogP contribution in [-0.2, 0) is 9.59 Å². The van der Waals surface area contributed by atoms with Gasteiger partial charge in [-0.25, -0.2) is 0 Å². The van der Waals surface area contributed by atoms with E-state index in [-0.39, 0.29) is 0 Å². The molecule has 2 nitrogen and oxygen atoms in total. The summed E-state index contributed by atoms with van der Waals surface area (Å²) in [6.45, 7) is 0. The van der Waals surface area contributed by atoms with Crippen molar-refractivity contribution in [2.75, 3.05) is 0 Å². The molecule has 3 heteroatoms. The summed E-state index contributed by atoms with van der Waals surface area (Å²) in [4.78, 5) is 18.3. The van der Waals surface area contributed by atoms with Crippen LogP contribution in [0.4, 0.5) is 0 Å². The molecule has 0 saturated carbocycles. The van der Waals surface area contributed by atoms with Crippen LogP contribution in [0, 0.1) is 0 Å². The molecule has 5 heavy (non-hydrogen) atoms. The van der Waals surface area contributed by atoms with E-state index in [2.05, 4.69) is 0 Å². The van der Waals surface area contributed by atoms with E-state index in [1.165, 1.54) is 0 Å². The first-order valence-corrected chi connectivity index (χ1v) is 1.89. The molecule has 0 saturated heterocycles. The van der Waals surface area contributed by atoms with Gasteiger partial charge in [0.2, 0.25) is 0 Å². The van der Waals surface area contributed by atoms with E-state index in [0.717, 1.165) is 0 Å². The highest BCUT2D eigenvalue weighted by atomic mass is 32.2. The van der Waals surface area contributed by atoms with E-state index in [1.54, 1.807) is 0 Å². The zero-order chi connectivity index (χ0) is 4.12. The molecule has 0 aliphatic rings. The third kappa shape index (κ3) is 3.69. The van der Waals surface area contributed by atoms with Crippen LogP contribution in [0.15, 0.2) is 0 Å². The van der Waals surface area contributed by atoms with Crippen molar-refractivity contribution in [2.24, 2.45) is 0 Å². The normalized spacial score (nSPS) is 6.40. The van der Waals surface area contributed by atoms with Gasteiger partial charge in [0.1, 0.15) is 0 Å². The average molecular weight is 90.1 g/mol. The number of rotatable bonds is 2. The van der Waals surface area contributed by atoms with E-state index in [9.17, 15) is 0 Å². The van der Waals surface area contributed by atoms with Crippen LogP contribution in [0.3, 0.4) is 0 Å². The minimum Gasteiger partial charge on any atom is -0.290 e. The van der Waals surface area contributed by atoms with Crippen LogP contribution in [-0.4, -0.2) is 11.2 Å². The van der Waals surface area contributed by atoms with Crippen LogP contribution in [0.1, 0.15) is 0 Å². The number of thioether (sulfide) groups is 1. The molecule has 0 fully saturated rings. The number of hydrogen-bond donors (Lipinski definition) is 0. The second-order valence-electron chi connectivity index (χ2n) is 0.329. The molecule has 0 N–H and O–H groups in total. The standard InChI is InChI=1S/C2H2O2S/c3-1-5-2-4/h1-2H. The van der Waals surface area contributed by atoms with Gasteiger partial charge in [-0.2, -0.15) is 0 Å². The summed E-state index contributed by atoms with van der Waals surface area (Å²) in [6, 6.07) is 0. The molecule has 0 aromatic heterocycles. The molecule has 0 aliphatic heterocycles. The quantitative estimate of drug-likeness (QED) is 0.451. The zero-order valence-electron chi connectivity index (χ0n) is 2.38. The number of hydrogen-bond acceptors (Lipinski definition) is 3. The smallest absolute Gasteiger partial charge is 0.183 e. The topological polar surface area (TPSA) is 34.1 Å². The highest BCUT2D eigenvalue weighted by Crippen LogP contribution is 1.77. The number of carbonyl (C=O) groups is 2. The molecule has 0 radical (unpaired) electrons. The molecule has 0 aliphatic carbocycles. The summed E-state index contributed by atoms with van der Waals surface area (Å²) in [5, 5.41) is 0. The fraction of sp³-hybridized carbons (Fsp3) is 0. The Morgan fingerprint density at radius 3 is 1.60 bits per heavy atom. The fourth-order valence-corrected chi connectivity index (χ4v) is 0.0680. The first kappa shape index (κ1) is 4.69. The monoisotopic (exact) mass is 90.0 g/mol.